The molecule has 1 heterocycles. The molecule has 0 aromatic heterocycles. The van der Waals surface area contributed by atoms with Crippen LogP contribution in [0.25, 0.3) is 0 Å². The number of carbonyl (C=O) groups excluding carboxylic acids is 2. The van der Waals surface area contributed by atoms with Crippen LogP contribution in [0.1, 0.15) is 27.2 Å². The third-order valence-corrected chi connectivity index (χ3v) is 3.18. The van der Waals surface area contributed by atoms with E-state index in [1.54, 1.807) is 0 Å². The lowest BCUT2D eigenvalue weighted by Crippen LogP contribution is -2.30. The number of amides is 2. The molecular weight excluding hydrogens is 202 g/mol. The fourth-order valence-electron chi connectivity index (χ4n) is 1.16. The molecule has 0 aromatic rings. The van der Waals surface area contributed by atoms with Crippen LogP contribution >= 0.6 is 11.8 Å². The molecule has 82 valence electrons. The van der Waals surface area contributed by atoms with Crippen molar-refractivity contribution in [1.82, 2.24) is 5.06 Å². The molecule has 0 N–H and O–H groups in total. The van der Waals surface area contributed by atoms with Gasteiger partial charge in [0.15, 0.2) is 0 Å². The van der Waals surface area contributed by atoms with Gasteiger partial charge >= 0.3 is 0 Å². The summed E-state index contributed by atoms with van der Waals surface area (Å²) in [7, 11) is 1.34. The molecule has 0 saturated carbocycles. The van der Waals surface area contributed by atoms with Gasteiger partial charge < -0.3 is 0 Å². The first-order chi connectivity index (χ1) is 6.20. The highest BCUT2D eigenvalue weighted by Crippen LogP contribution is 2.25. The lowest BCUT2D eigenvalue weighted by molar-refractivity contribution is -0.179. The van der Waals surface area contributed by atoms with E-state index in [0.29, 0.717) is 0 Å². The lowest BCUT2D eigenvalue weighted by atomic mass is 10.4. The Morgan fingerprint density at radius 3 is 2.64 bits per heavy atom. The van der Waals surface area contributed by atoms with Gasteiger partial charge in [-0.2, -0.15) is 5.06 Å². The summed E-state index contributed by atoms with van der Waals surface area (Å²) in [6, 6.07) is 0. The zero-order valence-corrected chi connectivity index (χ0v) is 8.60. The topological polar surface area (TPSA) is 46.6 Å². The molecule has 1 unspecified atom stereocenters. The molecule has 0 aromatic carbocycles. The first-order valence-electron chi connectivity index (χ1n) is 4.23. The Kier molecular flexibility index (Phi) is 5.79. The van der Waals surface area contributed by atoms with Gasteiger partial charge in [-0.15, -0.1) is 11.8 Å². The van der Waals surface area contributed by atoms with E-state index in [1.165, 1.54) is 18.9 Å². The zero-order valence-electron chi connectivity index (χ0n) is 7.78. The molecule has 14 heavy (non-hydrogen) atoms. The van der Waals surface area contributed by atoms with Crippen LogP contribution in [0.5, 0.6) is 0 Å². The number of hydrogen-bond acceptors (Lipinski definition) is 4. The van der Waals surface area contributed by atoms with E-state index < -0.39 is 0 Å². The van der Waals surface area contributed by atoms with E-state index in [1.807, 2.05) is 6.92 Å². The summed E-state index contributed by atoms with van der Waals surface area (Å²) in [5.74, 6) is 0.452. The molecule has 1 aliphatic rings. The second-order valence-corrected chi connectivity index (χ2v) is 4.08. The monoisotopic (exact) mass is 219 g/mol. The van der Waals surface area contributed by atoms with Crippen molar-refractivity contribution in [3.63, 3.8) is 0 Å². The minimum Gasteiger partial charge on any atom is -0.272 e. The second kappa shape index (κ2) is 6.03. The Bertz CT molecular complexity index is 220. The largest absolute Gasteiger partial charge is 0.272 e. The molecule has 0 bridgehead atoms. The Morgan fingerprint density at radius 2 is 2.21 bits per heavy atom. The van der Waals surface area contributed by atoms with Gasteiger partial charge in [-0.1, -0.05) is 14.4 Å². The Morgan fingerprint density at radius 1 is 1.57 bits per heavy atom. The van der Waals surface area contributed by atoms with Crippen LogP contribution in [0.4, 0.5) is 0 Å². The molecule has 1 atom stereocenters. The number of hydrogen-bond donors (Lipinski definition) is 0. The molecule has 1 saturated heterocycles. The predicted octanol–water partition coefficient (Wildman–Crippen LogP) is 1.45. The standard InChI is InChI=1S/C8H13NO3S.CH4/c1-3-4-13-6-5-7(10)9(12-2)8(6)11;/h6H,3-5H2,1-2H3;1H4. The molecular formula is C9H17NO3S. The van der Waals surface area contributed by atoms with Crippen molar-refractivity contribution in [3.8, 4) is 0 Å². The highest BCUT2D eigenvalue weighted by Gasteiger charge is 2.39. The first-order valence-corrected chi connectivity index (χ1v) is 5.28. The van der Waals surface area contributed by atoms with Gasteiger partial charge in [0.25, 0.3) is 11.8 Å². The second-order valence-electron chi connectivity index (χ2n) is 2.77. The van der Waals surface area contributed by atoms with Crippen molar-refractivity contribution in [2.75, 3.05) is 12.9 Å². The number of carbonyl (C=O) groups is 2. The van der Waals surface area contributed by atoms with Crippen molar-refractivity contribution >= 4 is 23.6 Å². The Hall–Kier alpha value is -0.550. The molecule has 1 rings (SSSR count). The van der Waals surface area contributed by atoms with Gasteiger partial charge in [-0.3, -0.25) is 14.4 Å². The molecule has 0 aliphatic carbocycles. The third-order valence-electron chi connectivity index (χ3n) is 1.77. The van der Waals surface area contributed by atoms with E-state index in [4.69, 9.17) is 0 Å². The minimum absolute atomic E-state index is 0. The van der Waals surface area contributed by atoms with Crippen LogP contribution in [0.3, 0.4) is 0 Å². The maximum atomic E-state index is 11.4. The number of nitrogens with zero attached hydrogens (tertiary/aromatic N) is 1. The molecule has 0 spiro atoms. The number of rotatable bonds is 4. The van der Waals surface area contributed by atoms with Crippen LogP contribution < -0.4 is 0 Å². The van der Waals surface area contributed by atoms with Crippen LogP contribution in [-0.2, 0) is 14.4 Å². The highest BCUT2D eigenvalue weighted by atomic mass is 32.2. The van der Waals surface area contributed by atoms with Gasteiger partial charge in [-0.25, -0.2) is 0 Å². The fourth-order valence-corrected chi connectivity index (χ4v) is 2.18. The van der Waals surface area contributed by atoms with Gasteiger partial charge in [0, 0.05) is 0 Å². The molecule has 5 heteroatoms. The predicted molar refractivity (Wildman–Crippen MR) is 56.7 cm³/mol. The average Bonchev–Trinajstić information content (AvgIpc) is 2.38. The van der Waals surface area contributed by atoms with Crippen LogP contribution in [-0.4, -0.2) is 35.0 Å². The molecule has 0 radical (unpaired) electrons. The summed E-state index contributed by atoms with van der Waals surface area (Å²) in [5.41, 5.74) is 0. The minimum atomic E-state index is -0.235. The highest BCUT2D eigenvalue weighted by molar-refractivity contribution is 8.00. The third kappa shape index (κ3) is 2.72. The SMILES string of the molecule is C.CCCSC1CC(=O)N(OC)C1=O. The molecule has 2 amide bonds. The molecule has 4 nitrogen and oxygen atoms in total. The average molecular weight is 219 g/mol. The summed E-state index contributed by atoms with van der Waals surface area (Å²) in [4.78, 5) is 27.2. The van der Waals surface area contributed by atoms with Crippen molar-refractivity contribution in [2.24, 2.45) is 0 Å². The summed E-state index contributed by atoms with van der Waals surface area (Å²) in [5, 5.41) is 0.625. The smallest absolute Gasteiger partial charge is 0.267 e. The van der Waals surface area contributed by atoms with Crippen LogP contribution in [0.2, 0.25) is 0 Å². The van der Waals surface area contributed by atoms with Gasteiger partial charge in [0.1, 0.15) is 0 Å². The fraction of sp³-hybridized carbons (Fsp3) is 0.778. The van der Waals surface area contributed by atoms with Crippen molar-refractivity contribution in [3.05, 3.63) is 0 Å². The lowest BCUT2D eigenvalue weighted by Gasteiger charge is -2.10. The van der Waals surface area contributed by atoms with Gasteiger partial charge in [-0.05, 0) is 12.2 Å². The molecule has 1 fully saturated rings. The molecule has 1 aliphatic heterocycles. The van der Waals surface area contributed by atoms with E-state index in [-0.39, 0.29) is 30.9 Å². The van der Waals surface area contributed by atoms with Crippen molar-refractivity contribution in [2.45, 2.75) is 32.4 Å². The number of hydroxylamine groups is 2. The first kappa shape index (κ1) is 13.4. The summed E-state index contributed by atoms with van der Waals surface area (Å²) >= 11 is 1.52. The van der Waals surface area contributed by atoms with Crippen LogP contribution in [0.15, 0.2) is 0 Å². The zero-order chi connectivity index (χ0) is 9.84. The van der Waals surface area contributed by atoms with E-state index in [2.05, 4.69) is 4.84 Å². The van der Waals surface area contributed by atoms with Crippen LogP contribution in [0, 0.1) is 0 Å². The summed E-state index contributed by atoms with van der Waals surface area (Å²) in [6.45, 7) is 2.04. The maximum Gasteiger partial charge on any atom is 0.267 e. The summed E-state index contributed by atoms with van der Waals surface area (Å²) < 4.78 is 0. The Labute approximate surface area is 88.9 Å². The van der Waals surface area contributed by atoms with E-state index in [9.17, 15) is 9.59 Å². The number of thioether (sulfide) groups is 1. The van der Waals surface area contributed by atoms with E-state index >= 15 is 0 Å². The van der Waals surface area contributed by atoms with Gasteiger partial charge in [0.05, 0.1) is 18.8 Å². The maximum absolute atomic E-state index is 11.4. The quantitative estimate of drug-likeness (QED) is 0.671. The van der Waals surface area contributed by atoms with Crippen molar-refractivity contribution < 1.29 is 14.4 Å². The van der Waals surface area contributed by atoms with E-state index in [0.717, 1.165) is 17.2 Å². The Balaban J connectivity index is 0.00000169. The summed E-state index contributed by atoms with van der Waals surface area (Å²) in [6.07, 6.45) is 1.28. The normalized spacial score (nSPS) is 21.3. The number of imide groups is 1. The van der Waals surface area contributed by atoms with Crippen molar-refractivity contribution in [1.29, 1.82) is 0 Å². The van der Waals surface area contributed by atoms with Gasteiger partial charge in [0.2, 0.25) is 0 Å².